The van der Waals surface area contributed by atoms with Gasteiger partial charge < -0.3 is 9.84 Å². The van der Waals surface area contributed by atoms with Gasteiger partial charge in [-0.15, -0.1) is 13.2 Å². The van der Waals surface area contributed by atoms with Gasteiger partial charge in [-0.3, -0.25) is 4.98 Å². The van der Waals surface area contributed by atoms with Crippen molar-refractivity contribution in [3.8, 4) is 5.75 Å². The second-order valence-electron chi connectivity index (χ2n) is 2.82. The summed E-state index contributed by atoms with van der Waals surface area (Å²) in [7, 11) is 0. The van der Waals surface area contributed by atoms with Crippen LogP contribution in [0.5, 0.6) is 5.75 Å². The summed E-state index contributed by atoms with van der Waals surface area (Å²) in [6.07, 6.45) is -7.42. The van der Waals surface area contributed by atoms with Crippen LogP contribution in [-0.4, -0.2) is 16.5 Å². The minimum atomic E-state index is -5.10. The number of aliphatic hydroxyl groups excluding tert-OH is 1. The molecule has 0 saturated carbocycles. The third-order valence-corrected chi connectivity index (χ3v) is 2.85. The molecule has 17 heavy (non-hydrogen) atoms. The Morgan fingerprint density at radius 3 is 2.41 bits per heavy atom. The van der Waals surface area contributed by atoms with Gasteiger partial charge in [-0.05, 0) is 22.6 Å². The van der Waals surface area contributed by atoms with Crippen LogP contribution in [-0.2, 0) is 6.61 Å². The fourth-order valence-corrected chi connectivity index (χ4v) is 1.70. The van der Waals surface area contributed by atoms with Gasteiger partial charge in [0.15, 0.2) is 5.75 Å². The number of hydrogen-bond donors (Lipinski definition) is 1. The molecule has 3 nitrogen and oxygen atoms in total. The lowest BCUT2D eigenvalue weighted by atomic mass is 10.2. The first-order valence-electron chi connectivity index (χ1n) is 4.08. The van der Waals surface area contributed by atoms with Crippen LogP contribution in [0.25, 0.3) is 0 Å². The zero-order valence-electron chi connectivity index (χ0n) is 7.93. The molecule has 1 rings (SSSR count). The Labute approximate surface area is 106 Å². The SMILES string of the molecule is OCc1cnc(C(F)F)c(OC(F)(F)F)c1I. The predicted octanol–water partition coefficient (Wildman–Crippen LogP) is 3.01. The Hall–Kier alpha value is -0.710. The van der Waals surface area contributed by atoms with Gasteiger partial charge in [0.1, 0.15) is 5.69 Å². The molecule has 1 heterocycles. The van der Waals surface area contributed by atoms with Crippen molar-refractivity contribution in [2.45, 2.75) is 19.4 Å². The van der Waals surface area contributed by atoms with Crippen LogP contribution in [0, 0.1) is 3.57 Å². The maximum Gasteiger partial charge on any atom is 0.573 e. The summed E-state index contributed by atoms with van der Waals surface area (Å²) >= 11 is 1.38. The molecule has 0 saturated heterocycles. The largest absolute Gasteiger partial charge is 0.573 e. The van der Waals surface area contributed by atoms with Gasteiger partial charge >= 0.3 is 6.36 Å². The number of pyridine rings is 1. The van der Waals surface area contributed by atoms with Crippen molar-refractivity contribution < 1.29 is 31.8 Å². The van der Waals surface area contributed by atoms with E-state index in [-0.39, 0.29) is 9.13 Å². The Kier molecular flexibility index (Phi) is 4.47. The molecule has 0 aliphatic carbocycles. The first-order chi connectivity index (χ1) is 7.76. The molecule has 0 aliphatic heterocycles. The van der Waals surface area contributed by atoms with Gasteiger partial charge in [0.25, 0.3) is 6.43 Å². The average molecular weight is 369 g/mol. The monoisotopic (exact) mass is 369 g/mol. The molecule has 0 bridgehead atoms. The summed E-state index contributed by atoms with van der Waals surface area (Å²) < 4.78 is 64.3. The first-order valence-corrected chi connectivity index (χ1v) is 5.16. The van der Waals surface area contributed by atoms with Crippen LogP contribution in [0.3, 0.4) is 0 Å². The zero-order chi connectivity index (χ0) is 13.2. The van der Waals surface area contributed by atoms with E-state index < -0.39 is 30.8 Å². The molecular formula is C8H5F5INO2. The van der Waals surface area contributed by atoms with Crippen LogP contribution < -0.4 is 4.74 Å². The number of rotatable bonds is 3. The highest BCUT2D eigenvalue weighted by Crippen LogP contribution is 2.36. The lowest BCUT2D eigenvalue weighted by Crippen LogP contribution is -2.20. The molecule has 9 heteroatoms. The molecule has 0 unspecified atom stereocenters. The van der Waals surface area contributed by atoms with Gasteiger partial charge in [-0.1, -0.05) is 0 Å². The highest BCUT2D eigenvalue weighted by atomic mass is 127. The maximum absolute atomic E-state index is 12.4. The van der Waals surface area contributed by atoms with E-state index in [1.165, 1.54) is 22.6 Å². The Morgan fingerprint density at radius 2 is 2.00 bits per heavy atom. The smallest absolute Gasteiger partial charge is 0.402 e. The van der Waals surface area contributed by atoms with Crippen molar-refractivity contribution in [1.82, 2.24) is 4.98 Å². The number of nitrogens with zero attached hydrogens (tertiary/aromatic N) is 1. The van der Waals surface area contributed by atoms with Gasteiger partial charge in [0, 0.05) is 11.8 Å². The molecule has 0 amide bonds. The van der Waals surface area contributed by atoms with E-state index in [9.17, 15) is 22.0 Å². The highest BCUT2D eigenvalue weighted by molar-refractivity contribution is 14.1. The molecule has 0 spiro atoms. The standard InChI is InChI=1S/C8H5F5INO2/c9-7(10)5-6(17-8(11,12)13)4(14)3(2-16)1-15-5/h1,7,16H,2H2. The second-order valence-corrected chi connectivity index (χ2v) is 3.90. The van der Waals surface area contributed by atoms with E-state index in [4.69, 9.17) is 5.11 Å². The summed E-state index contributed by atoms with van der Waals surface area (Å²) in [5, 5.41) is 8.80. The third kappa shape index (κ3) is 3.63. The Morgan fingerprint density at radius 1 is 1.41 bits per heavy atom. The zero-order valence-corrected chi connectivity index (χ0v) is 10.1. The van der Waals surface area contributed by atoms with Crippen molar-refractivity contribution in [2.75, 3.05) is 0 Å². The Bertz CT molecular complexity index is 410. The van der Waals surface area contributed by atoms with E-state index in [2.05, 4.69) is 9.72 Å². The number of ether oxygens (including phenoxy) is 1. The number of aromatic nitrogens is 1. The van der Waals surface area contributed by atoms with E-state index >= 15 is 0 Å². The molecule has 0 fully saturated rings. The molecule has 0 radical (unpaired) electrons. The average Bonchev–Trinajstić information content (AvgIpc) is 2.18. The topological polar surface area (TPSA) is 42.4 Å². The molecule has 1 aromatic rings. The first kappa shape index (κ1) is 14.4. The molecule has 0 atom stereocenters. The Balaban J connectivity index is 3.30. The molecule has 96 valence electrons. The van der Waals surface area contributed by atoms with E-state index in [0.29, 0.717) is 0 Å². The molecule has 1 aromatic heterocycles. The summed E-state index contributed by atoms with van der Waals surface area (Å²) in [6, 6.07) is 0. The van der Waals surface area contributed by atoms with Crippen molar-refractivity contribution in [3.05, 3.63) is 21.0 Å². The van der Waals surface area contributed by atoms with Gasteiger partial charge in [0.2, 0.25) is 0 Å². The maximum atomic E-state index is 12.4. The van der Waals surface area contributed by atoms with Crippen molar-refractivity contribution in [2.24, 2.45) is 0 Å². The molecule has 0 aromatic carbocycles. The number of halogens is 6. The van der Waals surface area contributed by atoms with Gasteiger partial charge in [0.05, 0.1) is 10.2 Å². The van der Waals surface area contributed by atoms with Crippen molar-refractivity contribution in [3.63, 3.8) is 0 Å². The van der Waals surface area contributed by atoms with Crippen LogP contribution in [0.4, 0.5) is 22.0 Å². The number of aliphatic hydroxyl groups is 1. The fourth-order valence-electron chi connectivity index (χ4n) is 1.000. The number of hydrogen-bond acceptors (Lipinski definition) is 3. The van der Waals surface area contributed by atoms with E-state index in [1.54, 1.807) is 0 Å². The van der Waals surface area contributed by atoms with Crippen LogP contribution in [0.15, 0.2) is 6.20 Å². The summed E-state index contributed by atoms with van der Waals surface area (Å²) in [6.45, 7) is -0.622. The second kappa shape index (κ2) is 5.29. The van der Waals surface area contributed by atoms with Crippen LogP contribution in [0.2, 0.25) is 0 Å². The quantitative estimate of drug-likeness (QED) is 0.658. The van der Waals surface area contributed by atoms with Gasteiger partial charge in [-0.25, -0.2) is 8.78 Å². The minimum Gasteiger partial charge on any atom is -0.402 e. The lowest BCUT2D eigenvalue weighted by molar-refractivity contribution is -0.275. The van der Waals surface area contributed by atoms with Crippen molar-refractivity contribution >= 4 is 22.6 Å². The van der Waals surface area contributed by atoms with Crippen molar-refractivity contribution in [1.29, 1.82) is 0 Å². The summed E-state index contributed by atoms with van der Waals surface area (Å²) in [5.41, 5.74) is -1.13. The van der Waals surface area contributed by atoms with Gasteiger partial charge in [-0.2, -0.15) is 0 Å². The normalized spacial score (nSPS) is 12.0. The predicted molar refractivity (Wildman–Crippen MR) is 54.5 cm³/mol. The van der Waals surface area contributed by atoms with Crippen LogP contribution >= 0.6 is 22.6 Å². The molecular weight excluding hydrogens is 364 g/mol. The fraction of sp³-hybridized carbons (Fsp3) is 0.375. The minimum absolute atomic E-state index is 0.0192. The van der Waals surface area contributed by atoms with E-state index in [1.807, 2.05) is 0 Å². The van der Waals surface area contributed by atoms with E-state index in [0.717, 1.165) is 6.20 Å². The molecule has 0 aliphatic rings. The summed E-state index contributed by atoms with van der Waals surface area (Å²) in [5.74, 6) is -1.07. The third-order valence-electron chi connectivity index (χ3n) is 1.67. The summed E-state index contributed by atoms with van der Waals surface area (Å²) in [4.78, 5) is 3.15. The van der Waals surface area contributed by atoms with Crippen LogP contribution in [0.1, 0.15) is 17.7 Å². The lowest BCUT2D eigenvalue weighted by Gasteiger charge is -2.15. The number of alkyl halides is 5. The molecule has 1 N–H and O–H groups in total. The highest BCUT2D eigenvalue weighted by Gasteiger charge is 2.35.